The van der Waals surface area contributed by atoms with Crippen LogP contribution in [-0.2, 0) is 31.3 Å². The van der Waals surface area contributed by atoms with Crippen LogP contribution >= 0.6 is 0 Å². The highest BCUT2D eigenvalue weighted by atomic mass is 32.2. The highest BCUT2D eigenvalue weighted by molar-refractivity contribution is 7.93. The fraction of sp³-hybridized carbons (Fsp3) is 0.515. The van der Waals surface area contributed by atoms with Crippen LogP contribution in [0.4, 0.5) is 18.8 Å². The molecule has 1 aromatic heterocycles. The second-order valence-corrected chi connectivity index (χ2v) is 16.6. The van der Waals surface area contributed by atoms with Crippen molar-refractivity contribution in [2.75, 3.05) is 25.9 Å². The van der Waals surface area contributed by atoms with Crippen LogP contribution in [0.15, 0.2) is 41.5 Å². The number of rotatable bonds is 4. The van der Waals surface area contributed by atoms with Gasteiger partial charge in [0.2, 0.25) is 0 Å². The molecule has 0 radical (unpaired) electrons. The summed E-state index contributed by atoms with van der Waals surface area (Å²) in [6, 6.07) is 6.58. The summed E-state index contributed by atoms with van der Waals surface area (Å²) in [6.45, 7) is 11.6. The van der Waals surface area contributed by atoms with E-state index in [9.17, 15) is 27.6 Å². The lowest BCUT2D eigenvalue weighted by atomic mass is 9.89. The topological polar surface area (TPSA) is 165 Å². The van der Waals surface area contributed by atoms with Gasteiger partial charge < -0.3 is 19.7 Å². The Morgan fingerprint density at radius 2 is 1.58 bits per heavy atom. The van der Waals surface area contributed by atoms with Gasteiger partial charge in [-0.05, 0) is 84.7 Å². The SMILES string of the molecule is CNC(=O)N1CC2(C1)C(N(C(=O)OC(C)(C)C)C(=O)OC(C)(C)C)=N[C@](C)(c1cc(CC(=O)c3ccc(C)cn3)ccc1F)CS2(=O)=O. The molecule has 0 unspecified atom stereocenters. The summed E-state index contributed by atoms with van der Waals surface area (Å²) in [6.07, 6.45) is -1.15. The Bertz CT molecular complexity index is 1750. The second-order valence-electron chi connectivity index (χ2n) is 14.3. The van der Waals surface area contributed by atoms with Crippen molar-refractivity contribution in [2.45, 2.75) is 83.3 Å². The normalized spacial score (nSPS) is 19.9. The molecule has 4 amide bonds. The lowest BCUT2D eigenvalue weighted by Crippen LogP contribution is -2.77. The van der Waals surface area contributed by atoms with E-state index >= 15 is 4.39 Å². The predicted octanol–water partition coefficient (Wildman–Crippen LogP) is 4.56. The Morgan fingerprint density at radius 1 is 1.00 bits per heavy atom. The van der Waals surface area contributed by atoms with Gasteiger partial charge in [0, 0.05) is 25.2 Å². The van der Waals surface area contributed by atoms with E-state index in [0.29, 0.717) is 10.5 Å². The fourth-order valence-corrected chi connectivity index (χ4v) is 7.84. The van der Waals surface area contributed by atoms with Gasteiger partial charge >= 0.3 is 18.2 Å². The molecule has 1 aromatic carbocycles. The Balaban J connectivity index is 1.90. The molecular formula is C33H42FN5O8S. The van der Waals surface area contributed by atoms with E-state index in [1.165, 1.54) is 31.0 Å². The first-order valence-corrected chi connectivity index (χ1v) is 17.0. The molecule has 3 heterocycles. The van der Waals surface area contributed by atoms with Gasteiger partial charge in [0.15, 0.2) is 20.4 Å². The third kappa shape index (κ3) is 7.35. The number of carbonyl (C=O) groups is 4. The molecule has 0 bridgehead atoms. The molecule has 1 N–H and O–H groups in total. The lowest BCUT2D eigenvalue weighted by molar-refractivity contribution is 0.0129. The average molecular weight is 688 g/mol. The van der Waals surface area contributed by atoms with Gasteiger partial charge in [-0.15, -0.1) is 0 Å². The monoisotopic (exact) mass is 687 g/mol. The van der Waals surface area contributed by atoms with E-state index in [1.54, 1.807) is 59.9 Å². The molecule has 15 heteroatoms. The molecule has 0 aliphatic carbocycles. The second kappa shape index (κ2) is 12.6. The summed E-state index contributed by atoms with van der Waals surface area (Å²) in [5, 5.41) is 2.43. The number of nitrogens with one attached hydrogen (secondary N) is 1. The first-order valence-electron chi connectivity index (χ1n) is 15.3. The molecule has 1 spiro atoms. The Kier molecular flexibility index (Phi) is 9.54. The maximum atomic E-state index is 15.7. The largest absolute Gasteiger partial charge is 0.443 e. The Hall–Kier alpha value is -4.40. The van der Waals surface area contributed by atoms with E-state index in [2.05, 4.69) is 10.3 Å². The number of hydrogen-bond donors (Lipinski definition) is 1. The molecule has 0 saturated carbocycles. The highest BCUT2D eigenvalue weighted by Crippen LogP contribution is 2.44. The number of ether oxygens (including phenoxy) is 2. The summed E-state index contributed by atoms with van der Waals surface area (Å²) in [7, 11) is -3.05. The molecule has 4 rings (SSSR count). The zero-order valence-corrected chi connectivity index (χ0v) is 29.5. The number of pyridine rings is 1. The number of aliphatic imine (C=N–C) groups is 1. The highest BCUT2D eigenvalue weighted by Gasteiger charge is 2.66. The van der Waals surface area contributed by atoms with Crippen LogP contribution in [0.2, 0.25) is 0 Å². The number of benzene rings is 1. The van der Waals surface area contributed by atoms with Gasteiger partial charge in [0.25, 0.3) is 0 Å². The van der Waals surface area contributed by atoms with Gasteiger partial charge in [0.05, 0.1) is 18.8 Å². The van der Waals surface area contributed by atoms with E-state index in [4.69, 9.17) is 14.5 Å². The molecule has 2 aliphatic rings. The number of halogens is 1. The molecule has 260 valence electrons. The third-order valence-electron chi connectivity index (χ3n) is 7.76. The molecule has 1 fully saturated rings. The number of aromatic nitrogens is 1. The van der Waals surface area contributed by atoms with E-state index in [-0.39, 0.29) is 23.5 Å². The first kappa shape index (κ1) is 36.4. The number of likely N-dealkylation sites (tertiary alicyclic amines) is 1. The number of hydrogen-bond acceptors (Lipinski definition) is 10. The van der Waals surface area contributed by atoms with E-state index in [1.807, 2.05) is 6.92 Å². The van der Waals surface area contributed by atoms with Crippen molar-refractivity contribution in [1.29, 1.82) is 0 Å². The fourth-order valence-electron chi connectivity index (χ4n) is 5.48. The number of amides is 4. The minimum atomic E-state index is -4.42. The number of imide groups is 1. The molecule has 2 aliphatic heterocycles. The summed E-state index contributed by atoms with van der Waals surface area (Å²) < 4.78 is 53.5. The predicted molar refractivity (Wildman–Crippen MR) is 175 cm³/mol. The summed E-state index contributed by atoms with van der Waals surface area (Å²) >= 11 is 0. The number of carbonyl (C=O) groups excluding carboxylic acids is 4. The number of nitrogens with zero attached hydrogens (tertiary/aromatic N) is 4. The van der Waals surface area contributed by atoms with Crippen LogP contribution in [0.1, 0.15) is 75.6 Å². The molecular weight excluding hydrogens is 645 g/mol. The van der Waals surface area contributed by atoms with Gasteiger partial charge in [-0.3, -0.25) is 14.8 Å². The van der Waals surface area contributed by atoms with Crippen LogP contribution in [0.25, 0.3) is 0 Å². The zero-order valence-electron chi connectivity index (χ0n) is 28.6. The quantitative estimate of drug-likeness (QED) is 0.454. The number of sulfone groups is 1. The number of ketones is 1. The smallest absolute Gasteiger partial charge is 0.425 e. The maximum absolute atomic E-state index is 15.7. The Morgan fingerprint density at radius 3 is 2.08 bits per heavy atom. The van der Waals surface area contributed by atoms with Crippen molar-refractivity contribution in [3.63, 3.8) is 0 Å². The zero-order chi connectivity index (χ0) is 36.0. The summed E-state index contributed by atoms with van der Waals surface area (Å²) in [5.74, 6) is -2.47. The first-order chi connectivity index (χ1) is 22.0. The van der Waals surface area contributed by atoms with Crippen molar-refractivity contribution in [3.05, 3.63) is 64.7 Å². The number of amidine groups is 1. The third-order valence-corrected chi connectivity index (χ3v) is 10.3. The maximum Gasteiger partial charge on any atom is 0.425 e. The van der Waals surface area contributed by atoms with Gasteiger partial charge in [-0.25, -0.2) is 27.2 Å². The van der Waals surface area contributed by atoms with Crippen LogP contribution in [0, 0.1) is 12.7 Å². The van der Waals surface area contributed by atoms with Gasteiger partial charge in [-0.2, -0.15) is 4.90 Å². The van der Waals surface area contributed by atoms with Crippen molar-refractivity contribution < 1.29 is 41.5 Å². The number of aryl methyl sites for hydroxylation is 1. The van der Waals surface area contributed by atoms with Crippen molar-refractivity contribution in [3.8, 4) is 0 Å². The van der Waals surface area contributed by atoms with Crippen LogP contribution in [-0.4, -0.2) is 94.9 Å². The van der Waals surface area contributed by atoms with Crippen molar-refractivity contribution in [1.82, 2.24) is 20.1 Å². The lowest BCUT2D eigenvalue weighted by Gasteiger charge is -2.53. The van der Waals surface area contributed by atoms with Gasteiger partial charge in [0.1, 0.15) is 34.1 Å². The minimum absolute atomic E-state index is 0.171. The van der Waals surface area contributed by atoms with Crippen molar-refractivity contribution >= 4 is 39.7 Å². The minimum Gasteiger partial charge on any atom is -0.443 e. The van der Waals surface area contributed by atoms with Gasteiger partial charge in [-0.1, -0.05) is 12.1 Å². The Labute approximate surface area is 279 Å². The molecule has 1 atom stereocenters. The summed E-state index contributed by atoms with van der Waals surface area (Å²) in [5.41, 5.74) is -2.91. The van der Waals surface area contributed by atoms with Crippen molar-refractivity contribution in [2.24, 2.45) is 4.99 Å². The molecule has 2 aromatic rings. The molecule has 1 saturated heterocycles. The van der Waals surface area contributed by atoms with Crippen LogP contribution in [0.5, 0.6) is 0 Å². The van der Waals surface area contributed by atoms with Crippen LogP contribution < -0.4 is 5.32 Å². The summed E-state index contributed by atoms with van der Waals surface area (Å²) in [4.78, 5) is 63.5. The van der Waals surface area contributed by atoms with E-state index < -0.39 is 80.0 Å². The molecule has 48 heavy (non-hydrogen) atoms. The standard InChI is InChI=1S/C33H42FN5O8S/c1-20-10-13-24(36-16-20)25(40)15-21-11-12-23(34)22(14-21)32(8)19-48(44,45)33(17-38(18-33)27(41)35-9)26(37-32)39(28(42)46-30(2,3)4)29(43)47-31(5,6)7/h10-14,16H,15,17-19H2,1-9H3,(H,35,41)/t32-/m0/s1. The number of Topliss-reactive ketones (excluding diaryl/α,β-unsaturated/α-hetero) is 1. The van der Waals surface area contributed by atoms with Crippen LogP contribution in [0.3, 0.4) is 0 Å². The van der Waals surface area contributed by atoms with E-state index in [0.717, 1.165) is 11.6 Å². The average Bonchev–Trinajstić information content (AvgIpc) is 2.90. The molecule has 13 nitrogen and oxygen atoms in total. The number of urea groups is 1.